The molecule has 0 aliphatic rings. The zero-order valence-corrected chi connectivity index (χ0v) is 9.47. The van der Waals surface area contributed by atoms with E-state index < -0.39 is 0 Å². The zero-order valence-electron chi connectivity index (χ0n) is 7.88. The Morgan fingerprint density at radius 1 is 1.38 bits per heavy atom. The van der Waals surface area contributed by atoms with Gasteiger partial charge in [0.05, 0.1) is 0 Å². The minimum Gasteiger partial charge on any atom is -0.486 e. The maximum atomic E-state index is 5.61. The van der Waals surface area contributed by atoms with Gasteiger partial charge in [-0.3, -0.25) is 0 Å². The number of halogens is 1. The van der Waals surface area contributed by atoms with Gasteiger partial charge in [0.1, 0.15) is 11.9 Å². The molecular weight excluding hydrogens is 228 g/mol. The third-order valence-corrected chi connectivity index (χ3v) is 2.35. The average molecular weight is 241 g/mol. The lowest BCUT2D eigenvalue weighted by Gasteiger charge is -2.14. The Morgan fingerprint density at radius 2 is 1.92 bits per heavy atom. The van der Waals surface area contributed by atoms with E-state index in [0.717, 1.165) is 15.8 Å². The molecule has 0 saturated carbocycles. The van der Waals surface area contributed by atoms with E-state index in [0.29, 0.717) is 0 Å². The number of benzene rings is 1. The minimum atomic E-state index is 0.0705. The van der Waals surface area contributed by atoms with Crippen molar-refractivity contribution in [2.24, 2.45) is 0 Å². The highest BCUT2D eigenvalue weighted by molar-refractivity contribution is 9.10. The van der Waals surface area contributed by atoms with Gasteiger partial charge in [0.2, 0.25) is 0 Å². The van der Waals surface area contributed by atoms with Crippen molar-refractivity contribution in [1.29, 1.82) is 0 Å². The molecule has 1 atom stereocenters. The molecule has 0 aliphatic carbocycles. The monoisotopic (exact) mass is 240 g/mol. The number of rotatable bonds is 3. The van der Waals surface area contributed by atoms with Crippen LogP contribution in [0.4, 0.5) is 0 Å². The van der Waals surface area contributed by atoms with Gasteiger partial charge in [0, 0.05) is 4.47 Å². The molecule has 13 heavy (non-hydrogen) atoms. The van der Waals surface area contributed by atoms with Crippen molar-refractivity contribution >= 4 is 15.9 Å². The standard InChI is InChI=1S/C11H13BrO/c1-8(2)9(3)13-11-6-4-10(12)5-7-11/h4-7,9H,1H2,2-3H3. The largest absolute Gasteiger partial charge is 0.486 e. The molecule has 0 aromatic heterocycles. The van der Waals surface area contributed by atoms with Crippen LogP contribution in [0.25, 0.3) is 0 Å². The van der Waals surface area contributed by atoms with Crippen LogP contribution < -0.4 is 4.74 Å². The van der Waals surface area contributed by atoms with Gasteiger partial charge < -0.3 is 4.74 Å². The third kappa shape index (κ3) is 3.23. The van der Waals surface area contributed by atoms with E-state index in [9.17, 15) is 0 Å². The molecule has 0 saturated heterocycles. The van der Waals surface area contributed by atoms with Crippen LogP contribution >= 0.6 is 15.9 Å². The molecule has 0 amide bonds. The molecule has 1 aromatic carbocycles. The Morgan fingerprint density at radius 3 is 2.38 bits per heavy atom. The first kappa shape index (κ1) is 10.3. The zero-order chi connectivity index (χ0) is 9.84. The van der Waals surface area contributed by atoms with E-state index in [1.54, 1.807) is 0 Å². The Labute approximate surface area is 87.5 Å². The van der Waals surface area contributed by atoms with E-state index in [4.69, 9.17) is 4.74 Å². The summed E-state index contributed by atoms with van der Waals surface area (Å²) in [6, 6.07) is 7.79. The van der Waals surface area contributed by atoms with Gasteiger partial charge >= 0.3 is 0 Å². The molecule has 0 bridgehead atoms. The number of hydrogen-bond donors (Lipinski definition) is 0. The van der Waals surface area contributed by atoms with Crippen LogP contribution in [0.15, 0.2) is 40.9 Å². The first-order valence-corrected chi connectivity index (χ1v) is 4.96. The molecule has 0 spiro atoms. The van der Waals surface area contributed by atoms with Crippen molar-refractivity contribution in [3.05, 3.63) is 40.9 Å². The van der Waals surface area contributed by atoms with Gasteiger partial charge in [0.15, 0.2) is 0 Å². The predicted octanol–water partition coefficient (Wildman–Crippen LogP) is 3.79. The molecule has 70 valence electrons. The maximum Gasteiger partial charge on any atom is 0.120 e. The summed E-state index contributed by atoms with van der Waals surface area (Å²) in [7, 11) is 0. The summed E-state index contributed by atoms with van der Waals surface area (Å²) in [5.41, 5.74) is 1.03. The molecule has 0 aliphatic heterocycles. The third-order valence-electron chi connectivity index (χ3n) is 1.82. The van der Waals surface area contributed by atoms with Crippen molar-refractivity contribution in [2.75, 3.05) is 0 Å². The average Bonchev–Trinajstić information content (AvgIpc) is 2.08. The summed E-state index contributed by atoms with van der Waals surface area (Å²) < 4.78 is 6.67. The Kier molecular flexibility index (Phi) is 3.55. The molecule has 0 heterocycles. The molecular formula is C11H13BrO. The highest BCUT2D eigenvalue weighted by Crippen LogP contribution is 2.18. The first-order valence-electron chi connectivity index (χ1n) is 4.17. The van der Waals surface area contributed by atoms with Crippen molar-refractivity contribution in [3.8, 4) is 5.75 Å². The number of ether oxygens (including phenoxy) is 1. The first-order chi connectivity index (χ1) is 6.09. The summed E-state index contributed by atoms with van der Waals surface area (Å²) in [6.07, 6.45) is 0.0705. The second-order valence-electron chi connectivity index (χ2n) is 3.06. The molecule has 1 unspecified atom stereocenters. The fraction of sp³-hybridized carbons (Fsp3) is 0.273. The fourth-order valence-corrected chi connectivity index (χ4v) is 1.08. The molecule has 1 aromatic rings. The van der Waals surface area contributed by atoms with Crippen LogP contribution in [0.5, 0.6) is 5.75 Å². The summed E-state index contributed by atoms with van der Waals surface area (Å²) in [5, 5.41) is 0. The van der Waals surface area contributed by atoms with Crippen molar-refractivity contribution in [3.63, 3.8) is 0 Å². The van der Waals surface area contributed by atoms with E-state index in [-0.39, 0.29) is 6.10 Å². The molecule has 0 N–H and O–H groups in total. The molecule has 0 fully saturated rings. The summed E-state index contributed by atoms with van der Waals surface area (Å²) in [5.74, 6) is 0.874. The van der Waals surface area contributed by atoms with Gasteiger partial charge in [0.25, 0.3) is 0 Å². The van der Waals surface area contributed by atoms with Gasteiger partial charge in [-0.1, -0.05) is 22.5 Å². The predicted molar refractivity (Wildman–Crippen MR) is 59.0 cm³/mol. The smallest absolute Gasteiger partial charge is 0.120 e. The second-order valence-corrected chi connectivity index (χ2v) is 3.98. The lowest BCUT2D eigenvalue weighted by atomic mass is 10.2. The Hall–Kier alpha value is -0.760. The van der Waals surface area contributed by atoms with Crippen LogP contribution in [-0.2, 0) is 0 Å². The van der Waals surface area contributed by atoms with E-state index in [1.165, 1.54) is 0 Å². The highest BCUT2D eigenvalue weighted by atomic mass is 79.9. The Bertz CT molecular complexity index is 289. The van der Waals surface area contributed by atoms with Crippen molar-refractivity contribution in [1.82, 2.24) is 0 Å². The van der Waals surface area contributed by atoms with E-state index in [2.05, 4.69) is 22.5 Å². The van der Waals surface area contributed by atoms with Crippen LogP contribution in [-0.4, -0.2) is 6.10 Å². The lowest BCUT2D eigenvalue weighted by molar-refractivity contribution is 0.258. The minimum absolute atomic E-state index is 0.0705. The van der Waals surface area contributed by atoms with E-state index in [1.807, 2.05) is 38.1 Å². The van der Waals surface area contributed by atoms with Crippen LogP contribution in [0.3, 0.4) is 0 Å². The molecule has 0 radical (unpaired) electrons. The Balaban J connectivity index is 2.64. The van der Waals surface area contributed by atoms with Gasteiger partial charge in [-0.2, -0.15) is 0 Å². The normalized spacial score (nSPS) is 12.2. The summed E-state index contributed by atoms with van der Waals surface area (Å²) in [4.78, 5) is 0. The van der Waals surface area contributed by atoms with Gasteiger partial charge in [-0.25, -0.2) is 0 Å². The van der Waals surface area contributed by atoms with Crippen LogP contribution in [0.2, 0.25) is 0 Å². The number of hydrogen-bond acceptors (Lipinski definition) is 1. The fourth-order valence-electron chi connectivity index (χ4n) is 0.818. The topological polar surface area (TPSA) is 9.23 Å². The summed E-state index contributed by atoms with van der Waals surface area (Å²) in [6.45, 7) is 7.79. The quantitative estimate of drug-likeness (QED) is 0.731. The van der Waals surface area contributed by atoms with Crippen molar-refractivity contribution < 1.29 is 4.74 Å². The maximum absolute atomic E-state index is 5.61. The van der Waals surface area contributed by atoms with Gasteiger partial charge in [-0.15, -0.1) is 0 Å². The van der Waals surface area contributed by atoms with Crippen molar-refractivity contribution in [2.45, 2.75) is 20.0 Å². The highest BCUT2D eigenvalue weighted by Gasteiger charge is 2.03. The SMILES string of the molecule is C=C(C)C(C)Oc1ccc(Br)cc1. The molecule has 2 heteroatoms. The lowest BCUT2D eigenvalue weighted by Crippen LogP contribution is -2.11. The molecule has 1 nitrogen and oxygen atoms in total. The van der Waals surface area contributed by atoms with Gasteiger partial charge in [-0.05, 0) is 43.7 Å². The van der Waals surface area contributed by atoms with Crippen LogP contribution in [0.1, 0.15) is 13.8 Å². The molecule has 1 rings (SSSR count). The second kappa shape index (κ2) is 4.47. The van der Waals surface area contributed by atoms with E-state index >= 15 is 0 Å². The summed E-state index contributed by atoms with van der Waals surface area (Å²) >= 11 is 3.37. The van der Waals surface area contributed by atoms with Crippen LogP contribution in [0, 0.1) is 0 Å².